The summed E-state index contributed by atoms with van der Waals surface area (Å²) in [7, 11) is 1.60. The van der Waals surface area contributed by atoms with Gasteiger partial charge in [0.1, 0.15) is 11.5 Å². The van der Waals surface area contributed by atoms with Gasteiger partial charge in [0.05, 0.1) is 23.9 Å². The molecule has 5 heteroatoms. The molecular weight excluding hydrogens is 342 g/mol. The van der Waals surface area contributed by atoms with Gasteiger partial charge >= 0.3 is 0 Å². The van der Waals surface area contributed by atoms with Crippen molar-refractivity contribution in [3.8, 4) is 11.5 Å². The monoisotopic (exact) mass is 355 g/mol. The van der Waals surface area contributed by atoms with E-state index in [0.29, 0.717) is 10.8 Å². The number of hydrogen-bond acceptors (Lipinski definition) is 3. The largest absolute Gasteiger partial charge is 0.508 e. The highest BCUT2D eigenvalue weighted by Crippen LogP contribution is 2.33. The highest BCUT2D eigenvalue weighted by atomic mass is 79.9. The van der Waals surface area contributed by atoms with E-state index in [1.807, 2.05) is 25.1 Å². The Morgan fingerprint density at radius 2 is 2.00 bits per heavy atom. The zero-order valence-electron chi connectivity index (χ0n) is 11.2. The van der Waals surface area contributed by atoms with Crippen molar-refractivity contribution in [2.24, 2.45) is 0 Å². The molecule has 0 saturated carbocycles. The lowest BCUT2D eigenvalue weighted by molar-refractivity contribution is 0.410. The number of rotatable bonds is 4. The van der Waals surface area contributed by atoms with Gasteiger partial charge in [0.25, 0.3) is 0 Å². The molecule has 2 aromatic rings. The highest BCUT2D eigenvalue weighted by Gasteiger charge is 2.13. The molecule has 0 radical (unpaired) electrons. The first-order valence-corrected chi connectivity index (χ1v) is 7.27. The van der Waals surface area contributed by atoms with Crippen LogP contribution in [0.15, 0.2) is 40.9 Å². The molecule has 0 aliphatic rings. The van der Waals surface area contributed by atoms with Crippen molar-refractivity contribution in [1.82, 2.24) is 0 Å². The molecule has 0 spiro atoms. The maximum Gasteiger partial charge on any atom is 0.121 e. The maximum atomic E-state index is 9.97. The van der Waals surface area contributed by atoms with Gasteiger partial charge in [-0.3, -0.25) is 0 Å². The summed E-state index contributed by atoms with van der Waals surface area (Å²) in [5.41, 5.74) is 1.55. The molecule has 1 unspecified atom stereocenters. The number of ether oxygens (including phenoxy) is 1. The second-order valence-electron chi connectivity index (χ2n) is 4.41. The third-order valence-corrected chi connectivity index (χ3v) is 3.82. The molecule has 0 bridgehead atoms. The lowest BCUT2D eigenvalue weighted by Crippen LogP contribution is -2.07. The van der Waals surface area contributed by atoms with Crippen LogP contribution in [0.3, 0.4) is 0 Å². The van der Waals surface area contributed by atoms with Crippen LogP contribution in [0.5, 0.6) is 11.5 Å². The predicted molar refractivity (Wildman–Crippen MR) is 85.8 cm³/mol. The van der Waals surface area contributed by atoms with Crippen molar-refractivity contribution in [2.75, 3.05) is 12.4 Å². The van der Waals surface area contributed by atoms with Crippen LogP contribution in [-0.2, 0) is 0 Å². The lowest BCUT2D eigenvalue weighted by Gasteiger charge is -2.18. The fourth-order valence-electron chi connectivity index (χ4n) is 1.93. The summed E-state index contributed by atoms with van der Waals surface area (Å²) in [6, 6.07) is 10.6. The first-order valence-electron chi connectivity index (χ1n) is 6.09. The van der Waals surface area contributed by atoms with E-state index in [9.17, 15) is 5.11 Å². The SMILES string of the molecule is COc1ccc(O)c(C(C)Nc2cc(Br)ccc2Cl)c1. The normalized spacial score (nSPS) is 12.0. The fraction of sp³-hybridized carbons (Fsp3) is 0.200. The average molecular weight is 357 g/mol. The van der Waals surface area contributed by atoms with Crippen LogP contribution >= 0.6 is 27.5 Å². The molecule has 20 heavy (non-hydrogen) atoms. The zero-order valence-corrected chi connectivity index (χ0v) is 13.5. The van der Waals surface area contributed by atoms with Gasteiger partial charge in [0.2, 0.25) is 0 Å². The third kappa shape index (κ3) is 3.38. The number of halogens is 2. The number of phenolic OH excluding ortho intramolecular Hbond substituents is 1. The number of aromatic hydroxyl groups is 1. The Balaban J connectivity index is 2.27. The van der Waals surface area contributed by atoms with E-state index < -0.39 is 0 Å². The molecule has 106 valence electrons. The van der Waals surface area contributed by atoms with E-state index in [4.69, 9.17) is 16.3 Å². The van der Waals surface area contributed by atoms with Crippen LogP contribution < -0.4 is 10.1 Å². The van der Waals surface area contributed by atoms with Crippen LogP contribution in [0.25, 0.3) is 0 Å². The number of anilines is 1. The summed E-state index contributed by atoms with van der Waals surface area (Å²) in [6.45, 7) is 1.95. The number of hydrogen-bond donors (Lipinski definition) is 2. The van der Waals surface area contributed by atoms with Crippen LogP contribution in [0, 0.1) is 0 Å². The van der Waals surface area contributed by atoms with Gasteiger partial charge in [-0.2, -0.15) is 0 Å². The van der Waals surface area contributed by atoms with Gasteiger partial charge in [-0.05, 0) is 43.3 Å². The Morgan fingerprint density at radius 1 is 1.25 bits per heavy atom. The van der Waals surface area contributed by atoms with Crippen molar-refractivity contribution in [3.05, 3.63) is 51.5 Å². The van der Waals surface area contributed by atoms with E-state index in [1.54, 1.807) is 25.3 Å². The van der Waals surface area contributed by atoms with E-state index in [2.05, 4.69) is 21.2 Å². The number of benzene rings is 2. The number of nitrogens with one attached hydrogen (secondary N) is 1. The number of phenols is 1. The standard InChI is InChI=1S/C15H15BrClNO2/c1-9(12-8-11(20-2)4-6-15(12)19)18-14-7-10(16)3-5-13(14)17/h3-9,18-19H,1-2H3. The first-order chi connectivity index (χ1) is 9.51. The Kier molecular flexibility index (Phi) is 4.78. The molecule has 1 atom stereocenters. The van der Waals surface area contributed by atoms with Gasteiger partial charge in [-0.15, -0.1) is 0 Å². The Morgan fingerprint density at radius 3 is 2.70 bits per heavy atom. The number of methoxy groups -OCH3 is 1. The summed E-state index contributed by atoms with van der Waals surface area (Å²) in [6.07, 6.45) is 0. The van der Waals surface area contributed by atoms with E-state index in [0.717, 1.165) is 15.7 Å². The molecule has 0 aromatic heterocycles. The van der Waals surface area contributed by atoms with Crippen LogP contribution in [0.2, 0.25) is 5.02 Å². The average Bonchev–Trinajstić information content (AvgIpc) is 2.43. The second kappa shape index (κ2) is 6.37. The van der Waals surface area contributed by atoms with Gasteiger partial charge in [0.15, 0.2) is 0 Å². The topological polar surface area (TPSA) is 41.5 Å². The summed E-state index contributed by atoms with van der Waals surface area (Å²) >= 11 is 9.57. The first kappa shape index (κ1) is 15.0. The lowest BCUT2D eigenvalue weighted by atomic mass is 10.1. The quantitative estimate of drug-likeness (QED) is 0.811. The summed E-state index contributed by atoms with van der Waals surface area (Å²) in [4.78, 5) is 0. The fourth-order valence-corrected chi connectivity index (χ4v) is 2.46. The minimum Gasteiger partial charge on any atom is -0.508 e. The van der Waals surface area contributed by atoms with Crippen LogP contribution in [0.1, 0.15) is 18.5 Å². The minimum atomic E-state index is -0.114. The molecule has 0 aliphatic heterocycles. The smallest absolute Gasteiger partial charge is 0.121 e. The molecule has 2 aromatic carbocycles. The van der Waals surface area contributed by atoms with E-state index in [1.165, 1.54) is 0 Å². The van der Waals surface area contributed by atoms with Gasteiger partial charge < -0.3 is 15.2 Å². The second-order valence-corrected chi connectivity index (χ2v) is 5.74. The van der Waals surface area contributed by atoms with Crippen molar-refractivity contribution in [2.45, 2.75) is 13.0 Å². The van der Waals surface area contributed by atoms with Gasteiger partial charge in [-0.1, -0.05) is 27.5 Å². The molecule has 2 rings (SSSR count). The molecule has 0 aliphatic carbocycles. The summed E-state index contributed by atoms with van der Waals surface area (Å²) in [5, 5.41) is 13.9. The molecule has 0 fully saturated rings. The highest BCUT2D eigenvalue weighted by molar-refractivity contribution is 9.10. The Hall–Kier alpha value is -1.39. The summed E-state index contributed by atoms with van der Waals surface area (Å²) < 4.78 is 6.12. The minimum absolute atomic E-state index is 0.114. The van der Waals surface area contributed by atoms with E-state index in [-0.39, 0.29) is 11.8 Å². The Labute approximate surface area is 131 Å². The molecular formula is C15H15BrClNO2. The molecule has 0 amide bonds. The van der Waals surface area contributed by atoms with Gasteiger partial charge in [0, 0.05) is 10.0 Å². The van der Waals surface area contributed by atoms with Crippen molar-refractivity contribution in [1.29, 1.82) is 0 Å². The van der Waals surface area contributed by atoms with Crippen LogP contribution in [0.4, 0.5) is 5.69 Å². The van der Waals surface area contributed by atoms with Crippen molar-refractivity contribution < 1.29 is 9.84 Å². The third-order valence-electron chi connectivity index (χ3n) is 3.00. The molecule has 0 heterocycles. The predicted octanol–water partition coefficient (Wildman–Crippen LogP) is 4.99. The van der Waals surface area contributed by atoms with Gasteiger partial charge in [-0.25, -0.2) is 0 Å². The zero-order chi connectivity index (χ0) is 14.7. The summed E-state index contributed by atoms with van der Waals surface area (Å²) in [5.74, 6) is 0.920. The van der Waals surface area contributed by atoms with Crippen molar-refractivity contribution in [3.63, 3.8) is 0 Å². The van der Waals surface area contributed by atoms with Crippen molar-refractivity contribution >= 4 is 33.2 Å². The molecule has 2 N–H and O–H groups in total. The van der Waals surface area contributed by atoms with E-state index >= 15 is 0 Å². The molecule has 0 saturated heterocycles. The Bertz CT molecular complexity index is 619. The maximum absolute atomic E-state index is 9.97. The molecule has 3 nitrogen and oxygen atoms in total. The van der Waals surface area contributed by atoms with Crippen LogP contribution in [-0.4, -0.2) is 12.2 Å².